The van der Waals surface area contributed by atoms with Gasteiger partial charge in [-0.1, -0.05) is 0 Å². The lowest BCUT2D eigenvalue weighted by molar-refractivity contribution is -0.138. The van der Waals surface area contributed by atoms with Crippen LogP contribution in [-0.2, 0) is 12.6 Å². The van der Waals surface area contributed by atoms with Gasteiger partial charge in [-0.05, 0) is 57.5 Å². The summed E-state index contributed by atoms with van der Waals surface area (Å²) in [5.41, 5.74) is -1.03. The molecule has 1 fully saturated rings. The van der Waals surface area contributed by atoms with E-state index in [4.69, 9.17) is 5.26 Å². The molecule has 1 atom stereocenters. The Hall–Kier alpha value is -2.86. The predicted octanol–water partition coefficient (Wildman–Crippen LogP) is 3.59. The summed E-state index contributed by atoms with van der Waals surface area (Å²) < 4.78 is 42.6. The number of likely N-dealkylation sites (N-methyl/N-ethyl adjacent to an activating group) is 1. The summed E-state index contributed by atoms with van der Waals surface area (Å²) in [6.45, 7) is 2.41. The highest BCUT2D eigenvalue weighted by atomic mass is 19.4. The fourth-order valence-electron chi connectivity index (χ4n) is 4.51. The maximum atomic E-state index is 14.2. The van der Waals surface area contributed by atoms with Gasteiger partial charge >= 0.3 is 6.18 Å². The van der Waals surface area contributed by atoms with Gasteiger partial charge in [0.05, 0.1) is 17.2 Å². The number of hydrogen-bond acceptors (Lipinski definition) is 6. The van der Waals surface area contributed by atoms with E-state index in [1.165, 1.54) is 12.1 Å². The number of rotatable bonds is 2. The fourth-order valence-corrected chi connectivity index (χ4v) is 4.51. The van der Waals surface area contributed by atoms with Crippen molar-refractivity contribution in [2.75, 3.05) is 31.6 Å². The molecule has 2 aromatic rings. The topological polar surface area (TPSA) is 76.3 Å². The molecule has 158 valence electrons. The van der Waals surface area contributed by atoms with Crippen LogP contribution in [0, 0.1) is 11.3 Å². The number of benzene rings is 1. The van der Waals surface area contributed by atoms with Crippen molar-refractivity contribution < 1.29 is 18.3 Å². The fraction of sp³-hybridized carbons (Fsp3) is 0.476. The van der Waals surface area contributed by atoms with Crippen molar-refractivity contribution in [2.45, 2.75) is 37.9 Å². The van der Waals surface area contributed by atoms with Crippen LogP contribution in [0.2, 0.25) is 0 Å². The average molecular weight is 417 g/mol. The molecule has 30 heavy (non-hydrogen) atoms. The maximum absolute atomic E-state index is 14.2. The molecule has 3 heterocycles. The Labute approximate surface area is 172 Å². The van der Waals surface area contributed by atoms with Crippen molar-refractivity contribution in [3.05, 3.63) is 34.9 Å². The molecular formula is C21H22F3N5O. The van der Waals surface area contributed by atoms with E-state index in [2.05, 4.69) is 15.1 Å². The normalized spacial score (nSPS) is 20.0. The lowest BCUT2D eigenvalue weighted by Crippen LogP contribution is -2.49. The largest absolute Gasteiger partial charge is 0.507 e. The van der Waals surface area contributed by atoms with Gasteiger partial charge in [0.15, 0.2) is 5.82 Å². The number of hydrogen-bond donors (Lipinski definition) is 1. The summed E-state index contributed by atoms with van der Waals surface area (Å²) >= 11 is 0. The molecule has 6 nitrogen and oxygen atoms in total. The van der Waals surface area contributed by atoms with Gasteiger partial charge in [0.1, 0.15) is 11.4 Å². The minimum absolute atomic E-state index is 0.0776. The van der Waals surface area contributed by atoms with Crippen LogP contribution < -0.4 is 4.90 Å². The summed E-state index contributed by atoms with van der Waals surface area (Å²) in [5.74, 6) is -0.124. The zero-order valence-electron chi connectivity index (χ0n) is 16.6. The van der Waals surface area contributed by atoms with E-state index in [1.807, 2.05) is 18.0 Å². The third kappa shape index (κ3) is 3.67. The molecule has 0 unspecified atom stereocenters. The number of alkyl halides is 3. The summed E-state index contributed by atoms with van der Waals surface area (Å²) in [4.78, 5) is 4.16. The zero-order valence-corrected chi connectivity index (χ0v) is 16.6. The SMILES string of the molecule is CN1CCC[C@H](N2CCCc3c2nnc(-c2ccc(C#N)cc2O)c3C(F)(F)F)C1. The molecule has 0 amide bonds. The molecule has 0 spiro atoms. The highest BCUT2D eigenvalue weighted by Gasteiger charge is 2.42. The van der Waals surface area contributed by atoms with E-state index in [0.717, 1.165) is 32.0 Å². The molecule has 1 aromatic heterocycles. The standard InChI is InChI=1S/C21H22F3N5O/c1-28-8-2-4-14(12-28)29-9-3-5-16-18(21(22,23)24)19(26-27-20(16)29)15-7-6-13(11-25)10-17(15)30/h6-7,10,14,30H,2-5,8-9,12H2,1H3/t14-/m0/s1. The van der Waals surface area contributed by atoms with E-state index in [1.54, 1.807) is 0 Å². The van der Waals surface area contributed by atoms with E-state index in [9.17, 15) is 18.3 Å². The van der Waals surface area contributed by atoms with Crippen LogP contribution in [0.25, 0.3) is 11.3 Å². The Kier molecular flexibility index (Phi) is 5.28. The molecule has 2 aliphatic heterocycles. The number of piperidine rings is 1. The van der Waals surface area contributed by atoms with Gasteiger partial charge in [0, 0.05) is 30.3 Å². The molecule has 4 rings (SSSR count). The number of aromatic nitrogens is 2. The molecule has 1 saturated heterocycles. The summed E-state index contributed by atoms with van der Waals surface area (Å²) in [6, 6.07) is 5.75. The van der Waals surface area contributed by atoms with Gasteiger partial charge in [-0.15, -0.1) is 10.2 Å². The second kappa shape index (κ2) is 7.76. The molecule has 2 aliphatic rings. The maximum Gasteiger partial charge on any atom is 0.418 e. The van der Waals surface area contributed by atoms with Gasteiger partial charge in [-0.2, -0.15) is 18.4 Å². The van der Waals surface area contributed by atoms with Crippen LogP contribution in [0.4, 0.5) is 19.0 Å². The first kappa shape index (κ1) is 20.4. The molecule has 9 heteroatoms. The van der Waals surface area contributed by atoms with Crippen molar-refractivity contribution in [1.82, 2.24) is 15.1 Å². The van der Waals surface area contributed by atoms with Crippen molar-refractivity contribution in [3.8, 4) is 23.1 Å². The van der Waals surface area contributed by atoms with E-state index in [0.29, 0.717) is 18.8 Å². The van der Waals surface area contributed by atoms with E-state index in [-0.39, 0.29) is 29.2 Å². The minimum Gasteiger partial charge on any atom is -0.507 e. The summed E-state index contributed by atoms with van der Waals surface area (Å²) in [7, 11) is 2.01. The van der Waals surface area contributed by atoms with Crippen LogP contribution >= 0.6 is 0 Å². The van der Waals surface area contributed by atoms with E-state index >= 15 is 0 Å². The highest BCUT2D eigenvalue weighted by Crippen LogP contribution is 2.45. The monoisotopic (exact) mass is 417 g/mol. The zero-order chi connectivity index (χ0) is 21.5. The quantitative estimate of drug-likeness (QED) is 0.805. The number of halogens is 3. The third-order valence-electron chi connectivity index (χ3n) is 5.86. The molecular weight excluding hydrogens is 395 g/mol. The van der Waals surface area contributed by atoms with Crippen LogP contribution in [0.5, 0.6) is 5.75 Å². The van der Waals surface area contributed by atoms with Crippen molar-refractivity contribution >= 4 is 5.82 Å². The van der Waals surface area contributed by atoms with Gasteiger partial charge in [0.25, 0.3) is 0 Å². The third-order valence-corrected chi connectivity index (χ3v) is 5.86. The second-order valence-electron chi connectivity index (χ2n) is 7.92. The molecule has 0 aliphatic carbocycles. The van der Waals surface area contributed by atoms with Crippen LogP contribution in [-0.4, -0.2) is 52.9 Å². The first-order valence-corrected chi connectivity index (χ1v) is 9.95. The van der Waals surface area contributed by atoms with Crippen molar-refractivity contribution in [2.24, 2.45) is 0 Å². The van der Waals surface area contributed by atoms with Crippen LogP contribution in [0.3, 0.4) is 0 Å². The Morgan fingerprint density at radius 3 is 2.67 bits per heavy atom. The number of fused-ring (bicyclic) bond motifs is 1. The molecule has 0 radical (unpaired) electrons. The highest BCUT2D eigenvalue weighted by molar-refractivity contribution is 5.74. The molecule has 0 bridgehead atoms. The lowest BCUT2D eigenvalue weighted by atomic mass is 9.93. The van der Waals surface area contributed by atoms with Crippen molar-refractivity contribution in [1.29, 1.82) is 5.26 Å². The number of phenols is 1. The smallest absolute Gasteiger partial charge is 0.418 e. The minimum atomic E-state index is -4.65. The van der Waals surface area contributed by atoms with Crippen molar-refractivity contribution in [3.63, 3.8) is 0 Å². The van der Waals surface area contributed by atoms with Gasteiger partial charge in [0.2, 0.25) is 0 Å². The first-order valence-electron chi connectivity index (χ1n) is 9.95. The van der Waals surface area contributed by atoms with Gasteiger partial charge in [-0.3, -0.25) is 0 Å². The van der Waals surface area contributed by atoms with Crippen LogP contribution in [0.1, 0.15) is 36.0 Å². The molecule has 0 saturated carbocycles. The Bertz CT molecular complexity index is 1000. The number of nitriles is 1. The number of phenolic OH excluding ortho intramolecular Hbond substituents is 1. The Morgan fingerprint density at radius 1 is 1.20 bits per heavy atom. The summed E-state index contributed by atoms with van der Waals surface area (Å²) in [6.07, 6.45) is -1.90. The summed E-state index contributed by atoms with van der Waals surface area (Å²) in [5, 5.41) is 27.4. The van der Waals surface area contributed by atoms with Crippen LogP contribution in [0.15, 0.2) is 18.2 Å². The lowest BCUT2D eigenvalue weighted by Gasteiger charge is -2.41. The number of likely N-dealkylation sites (tertiary alicyclic amines) is 1. The van der Waals surface area contributed by atoms with E-state index < -0.39 is 23.2 Å². The Balaban J connectivity index is 1.85. The number of aromatic hydroxyl groups is 1. The predicted molar refractivity (Wildman–Crippen MR) is 105 cm³/mol. The Morgan fingerprint density at radius 2 is 2.00 bits per heavy atom. The van der Waals surface area contributed by atoms with Gasteiger partial charge < -0.3 is 14.9 Å². The first-order chi connectivity index (χ1) is 14.3. The molecule has 1 N–H and O–H groups in total. The number of nitrogens with zero attached hydrogens (tertiary/aromatic N) is 5. The number of anilines is 1. The van der Waals surface area contributed by atoms with Gasteiger partial charge in [-0.25, -0.2) is 0 Å². The second-order valence-corrected chi connectivity index (χ2v) is 7.92. The average Bonchev–Trinajstić information content (AvgIpc) is 2.71. The molecule has 1 aromatic carbocycles.